The van der Waals surface area contributed by atoms with Crippen molar-refractivity contribution in [3.05, 3.63) is 70.5 Å². The zero-order valence-electron chi connectivity index (χ0n) is 16.5. The molecule has 156 valence electrons. The van der Waals surface area contributed by atoms with Crippen LogP contribution in [0.3, 0.4) is 0 Å². The Morgan fingerprint density at radius 3 is 2.50 bits per heavy atom. The molecule has 0 radical (unpaired) electrons. The molecule has 0 saturated heterocycles. The van der Waals surface area contributed by atoms with Crippen molar-refractivity contribution in [3.63, 3.8) is 0 Å². The summed E-state index contributed by atoms with van der Waals surface area (Å²) in [7, 11) is 0. The van der Waals surface area contributed by atoms with E-state index in [1.165, 1.54) is 6.07 Å². The van der Waals surface area contributed by atoms with Gasteiger partial charge in [-0.25, -0.2) is 9.37 Å². The van der Waals surface area contributed by atoms with Crippen LogP contribution in [-0.2, 0) is 0 Å². The predicted molar refractivity (Wildman–Crippen MR) is 113 cm³/mol. The van der Waals surface area contributed by atoms with Crippen LogP contribution in [0.25, 0.3) is 11.3 Å². The lowest BCUT2D eigenvalue weighted by Crippen LogP contribution is -2.30. The number of aliphatic hydroxyl groups is 1. The van der Waals surface area contributed by atoms with Gasteiger partial charge in [-0.1, -0.05) is 44.2 Å². The molecule has 30 heavy (non-hydrogen) atoms. The number of benzene rings is 2. The first-order valence-corrected chi connectivity index (χ1v) is 9.40. The molecular weight excluding hydrogens is 389 g/mol. The van der Waals surface area contributed by atoms with E-state index in [0.29, 0.717) is 11.5 Å². The van der Waals surface area contributed by atoms with Crippen molar-refractivity contribution in [1.29, 1.82) is 0 Å². The molecule has 0 fully saturated rings. The molecule has 2 aromatic carbocycles. The van der Waals surface area contributed by atoms with E-state index in [-0.39, 0.29) is 30.2 Å². The number of aromatic nitrogens is 2. The van der Waals surface area contributed by atoms with Gasteiger partial charge in [0.1, 0.15) is 17.3 Å². The van der Waals surface area contributed by atoms with Crippen molar-refractivity contribution in [2.24, 2.45) is 5.92 Å². The number of hydrogen-bond acceptors (Lipinski definition) is 7. The third kappa shape index (κ3) is 5.06. The van der Waals surface area contributed by atoms with Gasteiger partial charge in [0.05, 0.1) is 29.3 Å². The number of aliphatic hydroxyl groups excluding tert-OH is 1. The third-order valence-corrected chi connectivity index (χ3v) is 4.53. The molecule has 1 atom stereocenters. The molecule has 0 aliphatic carbocycles. The van der Waals surface area contributed by atoms with Crippen LogP contribution < -0.4 is 10.6 Å². The minimum Gasteiger partial charge on any atom is -0.394 e. The maximum Gasteiger partial charge on any atom is 0.295 e. The molecule has 0 bridgehead atoms. The van der Waals surface area contributed by atoms with Crippen LogP contribution in [0.4, 0.5) is 27.5 Å². The summed E-state index contributed by atoms with van der Waals surface area (Å²) >= 11 is 0. The van der Waals surface area contributed by atoms with Crippen molar-refractivity contribution in [1.82, 2.24) is 9.97 Å². The zero-order valence-corrected chi connectivity index (χ0v) is 16.5. The maximum atomic E-state index is 13.5. The summed E-state index contributed by atoms with van der Waals surface area (Å²) < 4.78 is 13.5. The molecule has 0 amide bonds. The van der Waals surface area contributed by atoms with Crippen LogP contribution in [0.2, 0.25) is 0 Å². The van der Waals surface area contributed by atoms with E-state index < -0.39 is 16.4 Å². The van der Waals surface area contributed by atoms with Crippen LogP contribution in [0.5, 0.6) is 0 Å². The molecular formula is C21H22FN5O3. The average molecular weight is 411 g/mol. The van der Waals surface area contributed by atoms with E-state index in [4.69, 9.17) is 0 Å². The van der Waals surface area contributed by atoms with Crippen molar-refractivity contribution in [3.8, 4) is 11.3 Å². The Balaban J connectivity index is 2.03. The van der Waals surface area contributed by atoms with Crippen LogP contribution in [0.15, 0.2) is 54.6 Å². The smallest absolute Gasteiger partial charge is 0.295 e. The maximum absolute atomic E-state index is 13.5. The summed E-state index contributed by atoms with van der Waals surface area (Å²) in [5, 5.41) is 26.9. The average Bonchev–Trinajstić information content (AvgIpc) is 2.73. The van der Waals surface area contributed by atoms with E-state index in [0.717, 1.165) is 17.7 Å². The lowest BCUT2D eigenvalue weighted by molar-refractivity contribution is -0.384. The van der Waals surface area contributed by atoms with Crippen molar-refractivity contribution < 1.29 is 14.4 Å². The second-order valence-electron chi connectivity index (χ2n) is 7.05. The molecule has 9 heteroatoms. The highest BCUT2D eigenvalue weighted by molar-refractivity contribution is 5.71. The molecule has 3 aromatic rings. The fourth-order valence-corrected chi connectivity index (χ4v) is 2.82. The largest absolute Gasteiger partial charge is 0.394 e. The number of nitrogens with zero attached hydrogens (tertiary/aromatic N) is 3. The summed E-state index contributed by atoms with van der Waals surface area (Å²) in [6, 6.07) is 14.0. The Hall–Kier alpha value is -3.59. The molecule has 0 unspecified atom stereocenters. The summed E-state index contributed by atoms with van der Waals surface area (Å²) in [5.41, 5.74) is 1.11. The molecule has 1 heterocycles. The fourth-order valence-electron chi connectivity index (χ4n) is 2.82. The number of hydrogen-bond donors (Lipinski definition) is 3. The lowest BCUT2D eigenvalue weighted by atomic mass is 10.1. The van der Waals surface area contributed by atoms with E-state index in [1.54, 1.807) is 6.07 Å². The highest BCUT2D eigenvalue weighted by Crippen LogP contribution is 2.30. The summed E-state index contributed by atoms with van der Waals surface area (Å²) in [5.74, 6) is -0.0311. The fraction of sp³-hybridized carbons (Fsp3) is 0.238. The molecule has 0 aliphatic heterocycles. The van der Waals surface area contributed by atoms with Gasteiger partial charge < -0.3 is 15.7 Å². The first-order valence-electron chi connectivity index (χ1n) is 9.40. The van der Waals surface area contributed by atoms with Crippen molar-refractivity contribution in [2.45, 2.75) is 19.9 Å². The van der Waals surface area contributed by atoms with Crippen molar-refractivity contribution in [2.75, 3.05) is 17.2 Å². The van der Waals surface area contributed by atoms with Crippen LogP contribution >= 0.6 is 0 Å². The highest BCUT2D eigenvalue weighted by Gasteiger charge is 2.18. The lowest BCUT2D eigenvalue weighted by Gasteiger charge is -2.20. The Labute approximate surface area is 173 Å². The van der Waals surface area contributed by atoms with Gasteiger partial charge >= 0.3 is 0 Å². The highest BCUT2D eigenvalue weighted by atomic mass is 19.1. The van der Waals surface area contributed by atoms with Gasteiger partial charge in [-0.2, -0.15) is 4.98 Å². The molecule has 3 N–H and O–H groups in total. The Morgan fingerprint density at radius 1 is 1.13 bits per heavy atom. The number of rotatable bonds is 8. The first kappa shape index (κ1) is 21.1. The minimum absolute atomic E-state index is 0.104. The Morgan fingerprint density at radius 2 is 1.87 bits per heavy atom. The quantitative estimate of drug-likeness (QED) is 0.373. The first-order chi connectivity index (χ1) is 14.4. The standard InChI is InChI=1S/C21H22FN5O3/c1-13(2)18(12-28)25-21-24-17(14-6-4-3-5-7-14)11-20(26-21)23-16-9-8-15(22)10-19(16)27(29)30/h3-11,13,18,28H,12H2,1-2H3,(H2,23,24,25,26)/t18-/m0/s1. The number of nitrogens with one attached hydrogen (secondary N) is 2. The number of nitro benzene ring substituents is 1. The van der Waals surface area contributed by atoms with Gasteiger partial charge in [0.15, 0.2) is 0 Å². The van der Waals surface area contributed by atoms with E-state index >= 15 is 0 Å². The van der Waals surface area contributed by atoms with Gasteiger partial charge in [0.25, 0.3) is 5.69 Å². The Bertz CT molecular complexity index is 1030. The zero-order chi connectivity index (χ0) is 21.7. The predicted octanol–water partition coefficient (Wildman–Crippen LogP) is 4.36. The molecule has 0 aliphatic rings. The molecule has 0 saturated carbocycles. The molecule has 0 spiro atoms. The van der Waals surface area contributed by atoms with E-state index in [1.807, 2.05) is 44.2 Å². The third-order valence-electron chi connectivity index (χ3n) is 4.53. The van der Waals surface area contributed by atoms with E-state index in [9.17, 15) is 19.6 Å². The SMILES string of the molecule is CC(C)[C@H](CO)Nc1nc(Nc2ccc(F)cc2[N+](=O)[O-])cc(-c2ccccc2)n1. The van der Waals surface area contributed by atoms with Crippen LogP contribution in [0, 0.1) is 21.8 Å². The van der Waals surface area contributed by atoms with Crippen LogP contribution in [0.1, 0.15) is 13.8 Å². The van der Waals surface area contributed by atoms with Gasteiger partial charge in [0.2, 0.25) is 5.95 Å². The number of anilines is 3. The van der Waals surface area contributed by atoms with Gasteiger partial charge in [-0.15, -0.1) is 0 Å². The monoisotopic (exact) mass is 411 g/mol. The van der Waals surface area contributed by atoms with Gasteiger partial charge in [0, 0.05) is 11.6 Å². The van der Waals surface area contributed by atoms with E-state index in [2.05, 4.69) is 20.6 Å². The van der Waals surface area contributed by atoms with Gasteiger partial charge in [-0.05, 0) is 18.1 Å². The van der Waals surface area contributed by atoms with Crippen LogP contribution in [-0.4, -0.2) is 32.6 Å². The second-order valence-corrected chi connectivity index (χ2v) is 7.05. The molecule has 3 rings (SSSR count). The van der Waals surface area contributed by atoms with Crippen molar-refractivity contribution >= 4 is 23.1 Å². The summed E-state index contributed by atoms with van der Waals surface area (Å²) in [4.78, 5) is 19.5. The Kier molecular flexibility index (Phi) is 6.53. The second kappa shape index (κ2) is 9.27. The molecule has 8 nitrogen and oxygen atoms in total. The van der Waals surface area contributed by atoms with Gasteiger partial charge in [-0.3, -0.25) is 10.1 Å². The molecule has 1 aromatic heterocycles. The normalized spacial score (nSPS) is 11.9. The summed E-state index contributed by atoms with van der Waals surface area (Å²) in [6.07, 6.45) is 0. The number of halogens is 1. The summed E-state index contributed by atoms with van der Waals surface area (Å²) in [6.45, 7) is 3.80. The topological polar surface area (TPSA) is 113 Å². The number of nitro groups is 1. The minimum atomic E-state index is -0.704.